The third-order valence-corrected chi connectivity index (χ3v) is 5.00. The van der Waals surface area contributed by atoms with E-state index in [1.165, 1.54) is 12.1 Å². The number of benzene rings is 1. The van der Waals surface area contributed by atoms with Gasteiger partial charge < -0.3 is 14.6 Å². The van der Waals surface area contributed by atoms with Gasteiger partial charge in [0.25, 0.3) is 0 Å². The van der Waals surface area contributed by atoms with E-state index in [0.717, 1.165) is 24.8 Å². The van der Waals surface area contributed by atoms with Gasteiger partial charge in [0.15, 0.2) is 0 Å². The Bertz CT molecular complexity index is 473. The highest BCUT2D eigenvalue weighted by atomic mass is 19.1. The van der Waals surface area contributed by atoms with Crippen LogP contribution in [0.25, 0.3) is 0 Å². The maximum Gasteiger partial charge on any atom is 0.123 e. The van der Waals surface area contributed by atoms with Gasteiger partial charge in [-0.15, -0.1) is 0 Å². The number of ether oxygens (including phenoxy) is 2. The van der Waals surface area contributed by atoms with Gasteiger partial charge in [0, 0.05) is 17.6 Å². The molecule has 1 aliphatic carbocycles. The fourth-order valence-corrected chi connectivity index (χ4v) is 3.50. The van der Waals surface area contributed by atoms with E-state index in [1.54, 1.807) is 13.2 Å². The Labute approximate surface area is 112 Å². The Morgan fingerprint density at radius 3 is 2.53 bits per heavy atom. The zero-order valence-corrected chi connectivity index (χ0v) is 11.1. The second-order valence-electron chi connectivity index (χ2n) is 5.71. The summed E-state index contributed by atoms with van der Waals surface area (Å²) >= 11 is 0. The molecule has 0 amide bonds. The van der Waals surface area contributed by atoms with Crippen LogP contribution in [-0.4, -0.2) is 32.0 Å². The average Bonchev–Trinajstić information content (AvgIpc) is 2.31. The van der Waals surface area contributed by atoms with Gasteiger partial charge in [-0.3, -0.25) is 0 Å². The van der Waals surface area contributed by atoms with Crippen molar-refractivity contribution < 1.29 is 19.0 Å². The molecule has 19 heavy (non-hydrogen) atoms. The first-order valence-corrected chi connectivity index (χ1v) is 6.70. The van der Waals surface area contributed by atoms with Gasteiger partial charge in [-0.25, -0.2) is 4.39 Å². The molecule has 1 saturated carbocycles. The van der Waals surface area contributed by atoms with Gasteiger partial charge in [0.05, 0.1) is 25.7 Å². The second kappa shape index (κ2) is 4.46. The van der Waals surface area contributed by atoms with Crippen LogP contribution >= 0.6 is 0 Å². The molecule has 1 heterocycles. The van der Waals surface area contributed by atoms with Crippen molar-refractivity contribution in [1.82, 2.24) is 0 Å². The molecule has 0 aromatic heterocycles. The fraction of sp³-hybridized carbons (Fsp3) is 0.600. The number of rotatable bonds is 4. The minimum absolute atomic E-state index is 0.121. The lowest BCUT2D eigenvalue weighted by molar-refractivity contribution is -0.173. The lowest BCUT2D eigenvalue weighted by Crippen LogP contribution is -2.63. The first kappa shape index (κ1) is 12.9. The Kier molecular flexibility index (Phi) is 3.02. The van der Waals surface area contributed by atoms with Crippen molar-refractivity contribution >= 4 is 0 Å². The summed E-state index contributed by atoms with van der Waals surface area (Å²) in [5.74, 6) is 0.416. The van der Waals surface area contributed by atoms with Crippen molar-refractivity contribution in [2.75, 3.05) is 26.9 Å². The van der Waals surface area contributed by atoms with E-state index >= 15 is 0 Å². The zero-order valence-electron chi connectivity index (χ0n) is 11.1. The Morgan fingerprint density at radius 1 is 1.37 bits per heavy atom. The molecule has 2 aliphatic rings. The summed E-state index contributed by atoms with van der Waals surface area (Å²) in [6.07, 6.45) is 3.04. The Hall–Kier alpha value is -1.13. The van der Waals surface area contributed by atoms with E-state index in [-0.39, 0.29) is 23.3 Å². The van der Waals surface area contributed by atoms with Crippen LogP contribution in [0.5, 0.6) is 5.75 Å². The van der Waals surface area contributed by atoms with Crippen LogP contribution in [0.2, 0.25) is 0 Å². The monoisotopic (exact) mass is 266 g/mol. The molecule has 104 valence electrons. The highest BCUT2D eigenvalue weighted by Gasteiger charge is 2.60. The van der Waals surface area contributed by atoms with E-state index in [4.69, 9.17) is 9.47 Å². The maximum absolute atomic E-state index is 13.6. The normalized spacial score (nSPS) is 23.3. The summed E-state index contributed by atoms with van der Waals surface area (Å²) in [6.45, 7) is 1.19. The predicted octanol–water partition coefficient (Wildman–Crippen LogP) is 2.26. The summed E-state index contributed by atoms with van der Waals surface area (Å²) in [7, 11) is 1.59. The van der Waals surface area contributed by atoms with Crippen molar-refractivity contribution in [1.29, 1.82) is 0 Å². The Balaban J connectivity index is 2.09. The van der Waals surface area contributed by atoms with Crippen molar-refractivity contribution in [3.63, 3.8) is 0 Å². The van der Waals surface area contributed by atoms with Crippen molar-refractivity contribution in [3.05, 3.63) is 29.6 Å². The molecule has 0 atom stereocenters. The van der Waals surface area contributed by atoms with Gasteiger partial charge in [-0.05, 0) is 31.0 Å². The van der Waals surface area contributed by atoms with E-state index in [0.29, 0.717) is 19.0 Å². The first-order chi connectivity index (χ1) is 9.17. The molecular formula is C15H19FO3. The summed E-state index contributed by atoms with van der Waals surface area (Å²) < 4.78 is 24.4. The minimum atomic E-state index is -0.298. The highest BCUT2D eigenvalue weighted by molar-refractivity contribution is 5.44. The molecule has 2 fully saturated rings. The van der Waals surface area contributed by atoms with Crippen LogP contribution in [0.1, 0.15) is 24.8 Å². The molecule has 1 N–H and O–H groups in total. The van der Waals surface area contributed by atoms with Crippen molar-refractivity contribution in [3.8, 4) is 5.75 Å². The molecule has 0 radical (unpaired) electrons. The van der Waals surface area contributed by atoms with Crippen molar-refractivity contribution in [2.45, 2.75) is 24.7 Å². The maximum atomic E-state index is 13.6. The number of aliphatic hydroxyl groups excluding tert-OH is 1. The number of aliphatic hydroxyl groups is 1. The number of halogens is 1. The Morgan fingerprint density at radius 2 is 2.11 bits per heavy atom. The third kappa shape index (κ3) is 1.63. The lowest BCUT2D eigenvalue weighted by atomic mass is 9.50. The number of methoxy groups -OCH3 is 1. The van der Waals surface area contributed by atoms with E-state index < -0.39 is 0 Å². The minimum Gasteiger partial charge on any atom is -0.496 e. The molecule has 0 bridgehead atoms. The molecule has 0 spiro atoms. The average molecular weight is 266 g/mol. The van der Waals surface area contributed by atoms with E-state index in [9.17, 15) is 9.50 Å². The van der Waals surface area contributed by atoms with Gasteiger partial charge in [-0.2, -0.15) is 0 Å². The lowest BCUT2D eigenvalue weighted by Gasteiger charge is -2.59. The molecular weight excluding hydrogens is 247 g/mol. The molecule has 1 aromatic rings. The predicted molar refractivity (Wildman–Crippen MR) is 68.8 cm³/mol. The molecule has 0 unspecified atom stereocenters. The van der Waals surface area contributed by atoms with Crippen molar-refractivity contribution in [2.24, 2.45) is 5.41 Å². The molecule has 3 nitrogen and oxygen atoms in total. The molecule has 4 heteroatoms. The summed E-state index contributed by atoms with van der Waals surface area (Å²) in [4.78, 5) is 0. The number of hydrogen-bond acceptors (Lipinski definition) is 3. The van der Waals surface area contributed by atoms with Gasteiger partial charge in [-0.1, -0.05) is 6.42 Å². The van der Waals surface area contributed by atoms with Crippen LogP contribution in [-0.2, 0) is 10.2 Å². The molecule has 1 aliphatic heterocycles. The van der Waals surface area contributed by atoms with Gasteiger partial charge in [0.1, 0.15) is 11.6 Å². The molecule has 3 rings (SSSR count). The summed E-state index contributed by atoms with van der Waals surface area (Å²) in [5, 5.41) is 9.84. The quantitative estimate of drug-likeness (QED) is 0.908. The first-order valence-electron chi connectivity index (χ1n) is 6.70. The summed E-state index contributed by atoms with van der Waals surface area (Å²) in [5.41, 5.74) is 0.370. The molecule has 1 saturated heterocycles. The van der Waals surface area contributed by atoms with E-state index in [2.05, 4.69) is 0 Å². The van der Waals surface area contributed by atoms with Crippen LogP contribution in [0.4, 0.5) is 4.39 Å². The van der Waals surface area contributed by atoms with Crippen LogP contribution in [0, 0.1) is 11.2 Å². The van der Waals surface area contributed by atoms with Crippen LogP contribution in [0.15, 0.2) is 18.2 Å². The van der Waals surface area contributed by atoms with Crippen LogP contribution in [0.3, 0.4) is 0 Å². The smallest absolute Gasteiger partial charge is 0.123 e. The zero-order chi connectivity index (χ0) is 13.5. The second-order valence-corrected chi connectivity index (χ2v) is 5.71. The standard InChI is InChI=1S/C15H19FO3/c1-18-13-4-3-11(16)7-12(13)15(9-19-10-15)14(8-17)5-2-6-14/h3-4,7,17H,2,5-6,8-10H2,1H3. The number of hydrogen-bond donors (Lipinski definition) is 1. The highest BCUT2D eigenvalue weighted by Crippen LogP contribution is 2.59. The van der Waals surface area contributed by atoms with Gasteiger partial charge in [0.2, 0.25) is 0 Å². The SMILES string of the molecule is COc1ccc(F)cc1C1(C2(CO)CCC2)COC1. The largest absolute Gasteiger partial charge is 0.496 e. The van der Waals surface area contributed by atoms with E-state index in [1.807, 2.05) is 0 Å². The van der Waals surface area contributed by atoms with Gasteiger partial charge >= 0.3 is 0 Å². The molecule has 1 aromatic carbocycles. The topological polar surface area (TPSA) is 38.7 Å². The fourth-order valence-electron chi connectivity index (χ4n) is 3.50. The van der Waals surface area contributed by atoms with Crippen LogP contribution < -0.4 is 4.74 Å². The summed E-state index contributed by atoms with van der Waals surface area (Å²) in [6, 6.07) is 4.60. The third-order valence-electron chi connectivity index (χ3n) is 5.00.